The van der Waals surface area contributed by atoms with Crippen LogP contribution in [0.1, 0.15) is 82.5 Å². The summed E-state index contributed by atoms with van der Waals surface area (Å²) >= 11 is 0. The van der Waals surface area contributed by atoms with Crippen LogP contribution >= 0.6 is 0 Å². The quantitative estimate of drug-likeness (QED) is 0.841. The fraction of sp³-hybridized carbons (Fsp3) is 0.391. The van der Waals surface area contributed by atoms with Crippen molar-refractivity contribution in [3.05, 3.63) is 69.8 Å². The lowest BCUT2D eigenvalue weighted by atomic mass is 9.94. The van der Waals surface area contributed by atoms with Gasteiger partial charge in [0, 0.05) is 24.2 Å². The first-order chi connectivity index (χ1) is 12.9. The van der Waals surface area contributed by atoms with E-state index in [-0.39, 0.29) is 11.8 Å². The van der Waals surface area contributed by atoms with Gasteiger partial charge in [-0.15, -0.1) is 0 Å². The first-order valence-electron chi connectivity index (χ1n) is 9.69. The fourth-order valence-electron chi connectivity index (χ4n) is 3.42. The number of hydrogen-bond acceptors (Lipinski definition) is 2. The van der Waals surface area contributed by atoms with Gasteiger partial charge in [-0.2, -0.15) is 0 Å². The zero-order valence-corrected chi connectivity index (χ0v) is 16.6. The summed E-state index contributed by atoms with van der Waals surface area (Å²) in [6.45, 7) is 10.1. The molecule has 0 bridgehead atoms. The number of carbonyl (C=O) groups excluding carboxylic acids is 2. The zero-order valence-electron chi connectivity index (χ0n) is 16.6. The van der Waals surface area contributed by atoms with Crippen molar-refractivity contribution in [3.63, 3.8) is 0 Å². The number of rotatable bonds is 2. The van der Waals surface area contributed by atoms with E-state index in [1.165, 1.54) is 16.7 Å². The highest BCUT2D eigenvalue weighted by atomic mass is 16.2. The third kappa shape index (κ3) is 4.21. The summed E-state index contributed by atoms with van der Waals surface area (Å²) in [6.07, 6.45) is 0.960. The maximum absolute atomic E-state index is 11.5. The minimum atomic E-state index is 0.0605. The summed E-state index contributed by atoms with van der Waals surface area (Å²) in [5.41, 5.74) is 6.63. The molecule has 0 atom stereocenters. The number of fused-ring (bicyclic) bond motifs is 2. The first-order valence-corrected chi connectivity index (χ1v) is 9.69. The molecule has 4 heteroatoms. The molecule has 4 rings (SSSR count). The van der Waals surface area contributed by atoms with Crippen LogP contribution in [-0.4, -0.2) is 18.4 Å². The van der Waals surface area contributed by atoms with Gasteiger partial charge in [-0.25, -0.2) is 0 Å². The summed E-state index contributed by atoms with van der Waals surface area (Å²) in [7, 11) is 0. The number of hydrogen-bond donors (Lipinski definition) is 2. The number of amides is 2. The van der Waals surface area contributed by atoms with Gasteiger partial charge in [0.1, 0.15) is 0 Å². The standard InChI is InChI=1S/C12H15NO.C11H13NO/c1-8(2)9-3-4-11-10(7-9)5-6-13-12(11)14;1-7(2)8-3-4-10-9(5-8)6-12-11(10)13/h3-4,7-8H,5-6H2,1-2H3,(H,13,14);3-5,7H,6H2,1-2H3,(H,12,13). The monoisotopic (exact) mass is 364 g/mol. The van der Waals surface area contributed by atoms with Crippen molar-refractivity contribution in [2.24, 2.45) is 0 Å². The van der Waals surface area contributed by atoms with Gasteiger partial charge >= 0.3 is 0 Å². The van der Waals surface area contributed by atoms with E-state index >= 15 is 0 Å². The van der Waals surface area contributed by atoms with Crippen LogP contribution in [0.2, 0.25) is 0 Å². The Morgan fingerprint density at radius 3 is 1.85 bits per heavy atom. The molecule has 0 spiro atoms. The Morgan fingerprint density at radius 2 is 1.26 bits per heavy atom. The maximum atomic E-state index is 11.5. The molecule has 2 aliphatic rings. The molecule has 0 aromatic heterocycles. The molecule has 0 aliphatic carbocycles. The molecular weight excluding hydrogens is 336 g/mol. The molecule has 2 N–H and O–H groups in total. The van der Waals surface area contributed by atoms with Crippen molar-refractivity contribution in [2.45, 2.75) is 52.5 Å². The molecule has 2 aromatic carbocycles. The number of nitrogens with one attached hydrogen (secondary N) is 2. The number of carbonyl (C=O) groups is 2. The van der Waals surface area contributed by atoms with E-state index < -0.39 is 0 Å². The smallest absolute Gasteiger partial charge is 0.251 e. The van der Waals surface area contributed by atoms with Crippen LogP contribution in [0, 0.1) is 0 Å². The van der Waals surface area contributed by atoms with Crippen molar-refractivity contribution in [3.8, 4) is 0 Å². The minimum Gasteiger partial charge on any atom is -0.352 e. The molecule has 0 saturated heterocycles. The molecule has 27 heavy (non-hydrogen) atoms. The average molecular weight is 364 g/mol. The molecule has 0 radical (unpaired) electrons. The lowest BCUT2D eigenvalue weighted by Gasteiger charge is -2.18. The van der Waals surface area contributed by atoms with Crippen LogP contribution in [0.4, 0.5) is 0 Å². The zero-order chi connectivity index (χ0) is 19.6. The topological polar surface area (TPSA) is 58.2 Å². The summed E-state index contributed by atoms with van der Waals surface area (Å²) in [4.78, 5) is 22.7. The van der Waals surface area contributed by atoms with E-state index in [2.05, 4.69) is 56.5 Å². The van der Waals surface area contributed by atoms with E-state index in [9.17, 15) is 9.59 Å². The van der Waals surface area contributed by atoms with E-state index in [4.69, 9.17) is 0 Å². The molecule has 0 fully saturated rings. The molecule has 2 aliphatic heterocycles. The molecule has 2 amide bonds. The number of benzene rings is 2. The van der Waals surface area contributed by atoms with Gasteiger partial charge in [0.05, 0.1) is 0 Å². The molecule has 4 nitrogen and oxygen atoms in total. The Balaban J connectivity index is 0.000000156. The van der Waals surface area contributed by atoms with Crippen LogP contribution in [0.15, 0.2) is 36.4 Å². The summed E-state index contributed by atoms with van der Waals surface area (Å²) in [6, 6.07) is 12.2. The van der Waals surface area contributed by atoms with Gasteiger partial charge in [-0.3, -0.25) is 9.59 Å². The third-order valence-corrected chi connectivity index (χ3v) is 5.20. The summed E-state index contributed by atoms with van der Waals surface area (Å²) in [5.74, 6) is 1.19. The first kappa shape index (κ1) is 19.2. The van der Waals surface area contributed by atoms with Crippen LogP contribution < -0.4 is 10.6 Å². The van der Waals surface area contributed by atoms with E-state index in [0.29, 0.717) is 18.4 Å². The van der Waals surface area contributed by atoms with Crippen molar-refractivity contribution in [2.75, 3.05) is 6.54 Å². The highest BCUT2D eigenvalue weighted by Crippen LogP contribution is 2.22. The SMILES string of the molecule is CC(C)c1ccc2c(c1)CCNC2=O.CC(C)c1ccc2c(c1)CNC2=O. The largest absolute Gasteiger partial charge is 0.352 e. The lowest BCUT2D eigenvalue weighted by Crippen LogP contribution is -2.31. The van der Waals surface area contributed by atoms with E-state index in [1.807, 2.05) is 18.2 Å². The Kier molecular flexibility index (Phi) is 5.64. The maximum Gasteiger partial charge on any atom is 0.251 e. The van der Waals surface area contributed by atoms with Crippen molar-refractivity contribution in [1.29, 1.82) is 0 Å². The highest BCUT2D eigenvalue weighted by molar-refractivity contribution is 5.98. The van der Waals surface area contributed by atoms with Gasteiger partial charge in [0.15, 0.2) is 0 Å². The van der Waals surface area contributed by atoms with Crippen LogP contribution in [0.5, 0.6) is 0 Å². The fourth-order valence-corrected chi connectivity index (χ4v) is 3.42. The van der Waals surface area contributed by atoms with Crippen molar-refractivity contribution >= 4 is 11.8 Å². The van der Waals surface area contributed by atoms with Gasteiger partial charge in [0.25, 0.3) is 11.8 Å². The van der Waals surface area contributed by atoms with Crippen molar-refractivity contribution in [1.82, 2.24) is 10.6 Å². The Labute approximate surface area is 161 Å². The molecule has 0 unspecified atom stereocenters. The third-order valence-electron chi connectivity index (χ3n) is 5.20. The predicted octanol–water partition coefficient (Wildman–Crippen LogP) is 4.15. The van der Waals surface area contributed by atoms with Crippen LogP contribution in [-0.2, 0) is 13.0 Å². The molecule has 2 heterocycles. The van der Waals surface area contributed by atoms with Crippen LogP contribution in [0.25, 0.3) is 0 Å². The molecular formula is C23H28N2O2. The van der Waals surface area contributed by atoms with Gasteiger partial charge < -0.3 is 10.6 Å². The molecule has 2 aromatic rings. The minimum absolute atomic E-state index is 0.0605. The second-order valence-corrected chi connectivity index (χ2v) is 7.83. The van der Waals surface area contributed by atoms with Gasteiger partial charge in [-0.1, -0.05) is 52.0 Å². The second kappa shape index (κ2) is 7.95. The second-order valence-electron chi connectivity index (χ2n) is 7.83. The normalized spacial score (nSPS) is 14.9. The van der Waals surface area contributed by atoms with E-state index in [0.717, 1.165) is 29.7 Å². The van der Waals surface area contributed by atoms with Gasteiger partial charge in [0.2, 0.25) is 0 Å². The Bertz CT molecular complexity index is 869. The average Bonchev–Trinajstić information content (AvgIpc) is 3.02. The lowest BCUT2D eigenvalue weighted by molar-refractivity contribution is 0.0943. The van der Waals surface area contributed by atoms with Crippen LogP contribution in [0.3, 0.4) is 0 Å². The van der Waals surface area contributed by atoms with E-state index in [1.54, 1.807) is 0 Å². The van der Waals surface area contributed by atoms with Crippen molar-refractivity contribution < 1.29 is 9.59 Å². The van der Waals surface area contributed by atoms with Gasteiger partial charge in [-0.05, 0) is 52.6 Å². The highest BCUT2D eigenvalue weighted by Gasteiger charge is 2.19. The predicted molar refractivity (Wildman–Crippen MR) is 108 cm³/mol. The molecule has 142 valence electrons. The summed E-state index contributed by atoms with van der Waals surface area (Å²) < 4.78 is 0. The summed E-state index contributed by atoms with van der Waals surface area (Å²) in [5, 5.41) is 5.66. The Morgan fingerprint density at radius 1 is 0.741 bits per heavy atom. The molecule has 0 saturated carbocycles. The Hall–Kier alpha value is -2.62.